The van der Waals surface area contributed by atoms with Crippen molar-refractivity contribution in [2.75, 3.05) is 7.11 Å². The third-order valence-electron chi connectivity index (χ3n) is 1.98. The fraction of sp³-hybridized carbons (Fsp3) is 0.100. The van der Waals surface area contributed by atoms with Gasteiger partial charge in [-0.3, -0.25) is 0 Å². The minimum Gasteiger partial charge on any atom is -0.496 e. The predicted molar refractivity (Wildman–Crippen MR) is 79.8 cm³/mol. The van der Waals surface area contributed by atoms with Gasteiger partial charge in [-0.05, 0) is 28.7 Å². The number of ether oxygens (including phenoxy) is 1. The summed E-state index contributed by atoms with van der Waals surface area (Å²) in [6.07, 6.45) is 0. The van der Waals surface area contributed by atoms with Crippen molar-refractivity contribution in [3.05, 3.63) is 21.3 Å². The average molecular weight is 377 g/mol. The van der Waals surface area contributed by atoms with Crippen LogP contribution in [0.2, 0.25) is 0 Å². The van der Waals surface area contributed by atoms with E-state index in [1.54, 1.807) is 0 Å². The molecule has 19 heavy (non-hydrogen) atoms. The zero-order valence-corrected chi connectivity index (χ0v) is 12.1. The molecule has 0 unspecified atom stereocenters. The van der Waals surface area contributed by atoms with E-state index in [1.807, 2.05) is 22.6 Å². The van der Waals surface area contributed by atoms with E-state index in [-0.39, 0.29) is 23.2 Å². The van der Waals surface area contributed by atoms with E-state index in [1.165, 1.54) is 19.2 Å². The quantitative estimate of drug-likeness (QED) is 0.336. The third-order valence-corrected chi connectivity index (χ3v) is 2.84. The number of guanidine groups is 2. The fourth-order valence-electron chi connectivity index (χ4n) is 1.25. The smallest absolute Gasteiger partial charge is 0.339 e. The van der Waals surface area contributed by atoms with Gasteiger partial charge in [0.15, 0.2) is 5.96 Å². The molecular weight excluding hydrogens is 365 g/mol. The molecule has 0 atom stereocenters. The Morgan fingerprint density at radius 3 is 2.47 bits per heavy atom. The van der Waals surface area contributed by atoms with Crippen molar-refractivity contribution < 1.29 is 14.6 Å². The van der Waals surface area contributed by atoms with Crippen LogP contribution < -0.4 is 21.9 Å². The second kappa shape index (κ2) is 6.22. The van der Waals surface area contributed by atoms with Gasteiger partial charge in [0.25, 0.3) is 0 Å². The Morgan fingerprint density at radius 1 is 1.37 bits per heavy atom. The van der Waals surface area contributed by atoms with E-state index in [4.69, 9.17) is 27.0 Å². The number of aliphatic imine (C=N–C) groups is 2. The van der Waals surface area contributed by atoms with Crippen molar-refractivity contribution in [3.8, 4) is 5.75 Å². The van der Waals surface area contributed by atoms with Crippen molar-refractivity contribution in [1.29, 1.82) is 0 Å². The van der Waals surface area contributed by atoms with Gasteiger partial charge in [-0.15, -0.1) is 0 Å². The lowest BCUT2D eigenvalue weighted by Gasteiger charge is -2.07. The van der Waals surface area contributed by atoms with Gasteiger partial charge in [0.2, 0.25) is 5.96 Å². The van der Waals surface area contributed by atoms with Gasteiger partial charge in [-0.1, -0.05) is 0 Å². The summed E-state index contributed by atoms with van der Waals surface area (Å²) in [6, 6.07) is 2.86. The van der Waals surface area contributed by atoms with Crippen LogP contribution in [0.3, 0.4) is 0 Å². The lowest BCUT2D eigenvalue weighted by molar-refractivity contribution is 0.0693. The number of nitrogens with two attached hydrogens (primary N) is 3. The summed E-state index contributed by atoms with van der Waals surface area (Å²) < 4.78 is 5.56. The van der Waals surface area contributed by atoms with Crippen LogP contribution in [0.1, 0.15) is 10.4 Å². The number of carbonyl (C=O) groups is 1. The summed E-state index contributed by atoms with van der Waals surface area (Å²) in [5.41, 5.74) is 16.3. The molecule has 0 aliphatic rings. The van der Waals surface area contributed by atoms with E-state index < -0.39 is 5.97 Å². The largest absolute Gasteiger partial charge is 0.496 e. The Kier molecular flexibility index (Phi) is 4.92. The Balaban J connectivity index is 3.31. The van der Waals surface area contributed by atoms with Gasteiger partial charge < -0.3 is 27.0 Å². The van der Waals surface area contributed by atoms with Crippen molar-refractivity contribution in [2.24, 2.45) is 27.2 Å². The Morgan fingerprint density at radius 2 is 2.00 bits per heavy atom. The number of carboxylic acids is 1. The summed E-state index contributed by atoms with van der Waals surface area (Å²) >= 11 is 1.93. The van der Waals surface area contributed by atoms with E-state index in [2.05, 4.69) is 9.98 Å². The van der Waals surface area contributed by atoms with Crippen molar-refractivity contribution >= 4 is 46.2 Å². The van der Waals surface area contributed by atoms with Crippen LogP contribution in [0.5, 0.6) is 5.75 Å². The van der Waals surface area contributed by atoms with Crippen LogP contribution in [-0.2, 0) is 0 Å². The first-order chi connectivity index (χ1) is 8.85. The molecule has 0 saturated carbocycles. The van der Waals surface area contributed by atoms with Gasteiger partial charge in [0.05, 0.1) is 12.8 Å². The molecule has 0 spiro atoms. The zero-order valence-electron chi connectivity index (χ0n) is 9.92. The van der Waals surface area contributed by atoms with Gasteiger partial charge in [-0.2, -0.15) is 4.99 Å². The van der Waals surface area contributed by atoms with Crippen molar-refractivity contribution in [1.82, 2.24) is 0 Å². The van der Waals surface area contributed by atoms with Crippen LogP contribution in [0, 0.1) is 3.57 Å². The number of rotatable bonds is 3. The monoisotopic (exact) mass is 377 g/mol. The van der Waals surface area contributed by atoms with Gasteiger partial charge in [0.1, 0.15) is 11.3 Å². The summed E-state index contributed by atoms with van der Waals surface area (Å²) in [6.45, 7) is 0. The highest BCUT2D eigenvalue weighted by Gasteiger charge is 2.14. The second-order valence-corrected chi connectivity index (χ2v) is 4.48. The molecule has 0 aliphatic carbocycles. The van der Waals surface area contributed by atoms with Gasteiger partial charge in [-0.25, -0.2) is 9.79 Å². The highest BCUT2D eigenvalue weighted by Crippen LogP contribution is 2.30. The van der Waals surface area contributed by atoms with Crippen LogP contribution >= 0.6 is 22.6 Å². The summed E-state index contributed by atoms with van der Waals surface area (Å²) in [4.78, 5) is 18.6. The number of hydrogen-bond donors (Lipinski definition) is 4. The van der Waals surface area contributed by atoms with Crippen LogP contribution in [0.15, 0.2) is 22.1 Å². The highest BCUT2D eigenvalue weighted by molar-refractivity contribution is 14.1. The first kappa shape index (κ1) is 15.0. The second-order valence-electron chi connectivity index (χ2n) is 3.32. The maximum absolute atomic E-state index is 11.0. The minimum atomic E-state index is -1.09. The highest BCUT2D eigenvalue weighted by atomic mass is 127. The lowest BCUT2D eigenvalue weighted by atomic mass is 10.2. The molecule has 0 fully saturated rings. The topological polar surface area (TPSA) is 149 Å². The van der Waals surface area contributed by atoms with Gasteiger partial charge >= 0.3 is 5.97 Å². The number of nitrogens with zero attached hydrogens (tertiary/aromatic N) is 2. The Hall–Kier alpha value is -2.04. The molecule has 0 saturated heterocycles. The number of benzene rings is 1. The molecule has 1 aromatic carbocycles. The van der Waals surface area contributed by atoms with E-state index in [9.17, 15) is 4.79 Å². The molecule has 102 valence electrons. The first-order valence-corrected chi connectivity index (χ1v) is 5.97. The van der Waals surface area contributed by atoms with Crippen LogP contribution in [0.4, 0.5) is 5.69 Å². The lowest BCUT2D eigenvalue weighted by Crippen LogP contribution is -2.26. The SMILES string of the molecule is COc1cc(N=C(N)N=C(N)N)c(I)cc1C(=O)O. The molecule has 0 heterocycles. The van der Waals surface area contributed by atoms with Crippen LogP contribution in [0.25, 0.3) is 0 Å². The molecule has 1 aromatic rings. The molecule has 9 heteroatoms. The number of methoxy groups -OCH3 is 1. The number of hydrogen-bond acceptors (Lipinski definition) is 3. The molecular formula is C10H12IN5O3. The van der Waals surface area contributed by atoms with Crippen molar-refractivity contribution in [3.63, 3.8) is 0 Å². The molecule has 7 N–H and O–H groups in total. The number of halogens is 1. The van der Waals surface area contributed by atoms with Crippen molar-refractivity contribution in [2.45, 2.75) is 0 Å². The average Bonchev–Trinajstić information content (AvgIpc) is 2.29. The molecule has 8 nitrogen and oxygen atoms in total. The van der Waals surface area contributed by atoms with Gasteiger partial charge in [0, 0.05) is 9.64 Å². The summed E-state index contributed by atoms with van der Waals surface area (Å²) in [5, 5.41) is 9.01. The molecule has 0 amide bonds. The van der Waals surface area contributed by atoms with Crippen LogP contribution in [-0.4, -0.2) is 30.1 Å². The molecule has 0 bridgehead atoms. The first-order valence-electron chi connectivity index (χ1n) is 4.89. The zero-order chi connectivity index (χ0) is 14.6. The molecule has 0 radical (unpaired) electrons. The van der Waals surface area contributed by atoms with E-state index >= 15 is 0 Å². The number of carboxylic acid groups (broad SMARTS) is 1. The fourth-order valence-corrected chi connectivity index (χ4v) is 1.83. The predicted octanol–water partition coefficient (Wildman–Crippen LogP) is 0.218. The Bertz CT molecular complexity index is 567. The number of aromatic carboxylic acids is 1. The van der Waals surface area contributed by atoms with E-state index in [0.29, 0.717) is 9.26 Å². The third kappa shape index (κ3) is 3.98. The standard InChI is InChI=1S/C10H12IN5O3/c1-19-7-3-6(15-10(14)16-9(12)13)5(11)2-4(7)8(17)18/h2-3H,1H3,(H,17,18)(H6,12,13,14,15,16). The molecule has 0 aliphatic heterocycles. The van der Waals surface area contributed by atoms with E-state index in [0.717, 1.165) is 0 Å². The Labute approximate surface area is 122 Å². The molecule has 0 aromatic heterocycles. The minimum absolute atomic E-state index is 0.0336. The summed E-state index contributed by atoms with van der Waals surface area (Å²) in [5.74, 6) is -1.28. The maximum Gasteiger partial charge on any atom is 0.339 e. The normalized spacial score (nSPS) is 10.9. The molecule has 1 rings (SSSR count). The maximum atomic E-state index is 11.0. The summed E-state index contributed by atoms with van der Waals surface area (Å²) in [7, 11) is 1.36.